The number of carbonyl (C=O) groups is 1. The highest BCUT2D eigenvalue weighted by Gasteiger charge is 2.18. The van der Waals surface area contributed by atoms with E-state index >= 15 is 0 Å². The predicted octanol–water partition coefficient (Wildman–Crippen LogP) is 2.58. The maximum absolute atomic E-state index is 11.6. The van der Waals surface area contributed by atoms with E-state index in [0.29, 0.717) is 6.04 Å². The lowest BCUT2D eigenvalue weighted by Crippen LogP contribution is -2.41. The molecule has 4 heteroatoms. The number of hydrogen-bond acceptors (Lipinski definition) is 2. The van der Waals surface area contributed by atoms with E-state index in [1.54, 1.807) is 6.26 Å². The Morgan fingerprint density at radius 2 is 2.25 bits per heavy atom. The molecule has 16 heavy (non-hydrogen) atoms. The van der Waals surface area contributed by atoms with Crippen LogP contribution in [0.25, 0.3) is 0 Å². The molecule has 0 spiro atoms. The first-order chi connectivity index (χ1) is 7.75. The summed E-state index contributed by atoms with van der Waals surface area (Å²) in [4.78, 5) is 11.6. The zero-order valence-corrected chi connectivity index (χ0v) is 9.53. The third kappa shape index (κ3) is 2.78. The Hall–Kier alpha value is -1.45. The number of carbonyl (C=O) groups excluding carboxylic acids is 1. The molecule has 1 aliphatic carbocycles. The van der Waals surface area contributed by atoms with Crippen LogP contribution in [0.5, 0.6) is 0 Å². The van der Waals surface area contributed by atoms with Gasteiger partial charge in [-0.3, -0.25) is 0 Å². The van der Waals surface area contributed by atoms with Gasteiger partial charge in [0.1, 0.15) is 5.76 Å². The first-order valence-electron chi connectivity index (χ1n) is 5.86. The van der Waals surface area contributed by atoms with Gasteiger partial charge in [-0.05, 0) is 31.9 Å². The zero-order chi connectivity index (χ0) is 11.4. The smallest absolute Gasteiger partial charge is 0.315 e. The molecule has 2 amide bonds. The maximum atomic E-state index is 11.6. The second kappa shape index (κ2) is 5.05. The summed E-state index contributed by atoms with van der Waals surface area (Å²) < 4.78 is 5.22. The molecule has 0 aromatic carbocycles. The summed E-state index contributed by atoms with van der Waals surface area (Å²) in [7, 11) is 0. The van der Waals surface area contributed by atoms with Crippen LogP contribution in [0.3, 0.4) is 0 Å². The Bertz CT molecular complexity index is 329. The number of rotatable bonds is 3. The highest BCUT2D eigenvalue weighted by molar-refractivity contribution is 5.74. The maximum Gasteiger partial charge on any atom is 0.315 e. The van der Waals surface area contributed by atoms with Gasteiger partial charge in [-0.15, -0.1) is 0 Å². The molecule has 2 rings (SSSR count). The van der Waals surface area contributed by atoms with Gasteiger partial charge in [-0.25, -0.2) is 4.79 Å². The molecule has 1 fully saturated rings. The topological polar surface area (TPSA) is 54.3 Å². The lowest BCUT2D eigenvalue weighted by atomic mass is 10.2. The van der Waals surface area contributed by atoms with E-state index < -0.39 is 0 Å². The van der Waals surface area contributed by atoms with E-state index in [2.05, 4.69) is 10.6 Å². The number of amides is 2. The van der Waals surface area contributed by atoms with Crippen LogP contribution >= 0.6 is 0 Å². The van der Waals surface area contributed by atoms with Crippen LogP contribution in [0.2, 0.25) is 0 Å². The summed E-state index contributed by atoms with van der Waals surface area (Å²) in [6.45, 7) is 1.91. The second-order valence-corrected chi connectivity index (χ2v) is 4.34. The molecule has 4 nitrogen and oxygen atoms in total. The molecular formula is C12H18N2O2. The Morgan fingerprint density at radius 3 is 2.88 bits per heavy atom. The lowest BCUT2D eigenvalue weighted by Gasteiger charge is -2.16. The van der Waals surface area contributed by atoms with Crippen molar-refractivity contribution in [3.05, 3.63) is 24.2 Å². The lowest BCUT2D eigenvalue weighted by molar-refractivity contribution is 0.232. The van der Waals surface area contributed by atoms with Crippen molar-refractivity contribution in [3.8, 4) is 0 Å². The molecule has 0 aliphatic heterocycles. The molecule has 0 saturated heterocycles. The third-order valence-corrected chi connectivity index (χ3v) is 3.01. The van der Waals surface area contributed by atoms with Gasteiger partial charge < -0.3 is 15.1 Å². The van der Waals surface area contributed by atoms with E-state index in [1.807, 2.05) is 19.1 Å². The van der Waals surface area contributed by atoms with Gasteiger partial charge in [0.15, 0.2) is 0 Å². The summed E-state index contributed by atoms with van der Waals surface area (Å²) in [5.74, 6) is 0.779. The van der Waals surface area contributed by atoms with Crippen LogP contribution in [-0.4, -0.2) is 12.1 Å². The van der Waals surface area contributed by atoms with Gasteiger partial charge in [0.05, 0.1) is 12.3 Å². The van der Waals surface area contributed by atoms with E-state index in [-0.39, 0.29) is 12.1 Å². The van der Waals surface area contributed by atoms with Crippen LogP contribution in [-0.2, 0) is 0 Å². The van der Waals surface area contributed by atoms with Crippen molar-refractivity contribution in [3.63, 3.8) is 0 Å². The van der Waals surface area contributed by atoms with Crippen LogP contribution in [0.4, 0.5) is 4.79 Å². The SMILES string of the molecule is CC(NC(=O)NC1CCCC1)c1ccco1. The van der Waals surface area contributed by atoms with Crippen LogP contribution in [0, 0.1) is 0 Å². The van der Waals surface area contributed by atoms with Crippen LogP contribution < -0.4 is 10.6 Å². The number of urea groups is 1. The van der Waals surface area contributed by atoms with Crippen LogP contribution in [0.1, 0.15) is 44.4 Å². The van der Waals surface area contributed by atoms with Crippen molar-refractivity contribution in [2.75, 3.05) is 0 Å². The molecule has 2 N–H and O–H groups in total. The summed E-state index contributed by atoms with van der Waals surface area (Å²) >= 11 is 0. The average molecular weight is 222 g/mol. The Labute approximate surface area is 95.4 Å². The molecule has 1 aliphatic rings. The van der Waals surface area contributed by atoms with Gasteiger partial charge in [-0.1, -0.05) is 12.8 Å². The van der Waals surface area contributed by atoms with Crippen molar-refractivity contribution in [2.45, 2.75) is 44.7 Å². The molecule has 0 bridgehead atoms. The molecule has 1 aromatic heterocycles. The quantitative estimate of drug-likeness (QED) is 0.825. The fourth-order valence-electron chi connectivity index (χ4n) is 2.10. The first kappa shape index (κ1) is 11.0. The minimum Gasteiger partial charge on any atom is -0.467 e. The van der Waals surface area contributed by atoms with Gasteiger partial charge in [-0.2, -0.15) is 0 Å². The molecular weight excluding hydrogens is 204 g/mol. The van der Waals surface area contributed by atoms with E-state index in [1.165, 1.54) is 12.8 Å². The van der Waals surface area contributed by atoms with Crippen molar-refractivity contribution in [1.29, 1.82) is 0 Å². The molecule has 1 atom stereocenters. The molecule has 88 valence electrons. The van der Waals surface area contributed by atoms with Gasteiger partial charge in [0.2, 0.25) is 0 Å². The summed E-state index contributed by atoms with van der Waals surface area (Å²) in [6, 6.07) is 3.85. The second-order valence-electron chi connectivity index (χ2n) is 4.34. The van der Waals surface area contributed by atoms with E-state index in [4.69, 9.17) is 4.42 Å². The highest BCUT2D eigenvalue weighted by Crippen LogP contribution is 2.18. The Balaban J connectivity index is 1.78. The summed E-state index contributed by atoms with van der Waals surface area (Å²) in [5, 5.41) is 5.85. The Morgan fingerprint density at radius 1 is 1.50 bits per heavy atom. The monoisotopic (exact) mass is 222 g/mol. The minimum absolute atomic E-state index is 0.0867. The van der Waals surface area contributed by atoms with Crippen LogP contribution in [0.15, 0.2) is 22.8 Å². The largest absolute Gasteiger partial charge is 0.467 e. The fraction of sp³-hybridized carbons (Fsp3) is 0.583. The standard InChI is InChI=1S/C12H18N2O2/c1-9(11-7-4-8-16-11)13-12(15)14-10-5-2-3-6-10/h4,7-10H,2-3,5-6H2,1H3,(H2,13,14,15). The molecule has 0 radical (unpaired) electrons. The Kier molecular flexibility index (Phi) is 3.49. The van der Waals surface area contributed by atoms with Crippen molar-refractivity contribution < 1.29 is 9.21 Å². The third-order valence-electron chi connectivity index (χ3n) is 3.01. The van der Waals surface area contributed by atoms with Crippen molar-refractivity contribution in [1.82, 2.24) is 10.6 Å². The highest BCUT2D eigenvalue weighted by atomic mass is 16.3. The number of furan rings is 1. The van der Waals surface area contributed by atoms with Gasteiger partial charge in [0.25, 0.3) is 0 Å². The van der Waals surface area contributed by atoms with E-state index in [9.17, 15) is 4.79 Å². The molecule has 1 saturated carbocycles. The number of nitrogens with one attached hydrogen (secondary N) is 2. The minimum atomic E-state index is -0.101. The van der Waals surface area contributed by atoms with Crippen molar-refractivity contribution >= 4 is 6.03 Å². The summed E-state index contributed by atoms with van der Waals surface area (Å²) in [5.41, 5.74) is 0. The predicted molar refractivity (Wildman–Crippen MR) is 61.0 cm³/mol. The van der Waals surface area contributed by atoms with Gasteiger partial charge >= 0.3 is 6.03 Å². The van der Waals surface area contributed by atoms with Crippen molar-refractivity contribution in [2.24, 2.45) is 0 Å². The summed E-state index contributed by atoms with van der Waals surface area (Å²) in [6.07, 6.45) is 6.25. The normalized spacial score (nSPS) is 18.3. The van der Waals surface area contributed by atoms with E-state index in [0.717, 1.165) is 18.6 Å². The average Bonchev–Trinajstić information content (AvgIpc) is 2.88. The zero-order valence-electron chi connectivity index (χ0n) is 9.53. The molecule has 1 aromatic rings. The van der Waals surface area contributed by atoms with Gasteiger partial charge in [0, 0.05) is 6.04 Å². The number of hydrogen-bond donors (Lipinski definition) is 2. The molecule has 1 unspecified atom stereocenters. The molecule has 1 heterocycles. The first-order valence-corrected chi connectivity index (χ1v) is 5.86. The fourth-order valence-corrected chi connectivity index (χ4v) is 2.10.